The lowest BCUT2D eigenvalue weighted by atomic mass is 10.1. The standard InChI is InChI=1S/C19H18BrN3O2/c1-23(13-19(24)21-17-10-6-5-9-16(17)20)12-15-11-18(25-22-15)14-7-3-2-4-8-14/h2-11H,12-13H2,1H3,(H,21,24)/p+1. The molecule has 1 amide bonds. The summed E-state index contributed by atoms with van der Waals surface area (Å²) in [5.41, 5.74) is 2.59. The van der Waals surface area contributed by atoms with Gasteiger partial charge < -0.3 is 14.7 Å². The molecule has 1 aromatic heterocycles. The van der Waals surface area contributed by atoms with E-state index in [9.17, 15) is 4.79 Å². The van der Waals surface area contributed by atoms with E-state index in [1.54, 1.807) is 0 Å². The molecule has 5 nitrogen and oxygen atoms in total. The second-order valence-electron chi connectivity index (χ2n) is 5.89. The number of quaternary nitrogens is 1. The molecule has 0 bridgehead atoms. The van der Waals surface area contributed by atoms with E-state index in [2.05, 4.69) is 26.4 Å². The van der Waals surface area contributed by atoms with Crippen LogP contribution in [0.2, 0.25) is 0 Å². The maximum absolute atomic E-state index is 12.2. The summed E-state index contributed by atoms with van der Waals surface area (Å²) < 4.78 is 6.26. The van der Waals surface area contributed by atoms with Crippen molar-refractivity contribution in [2.45, 2.75) is 6.54 Å². The van der Waals surface area contributed by atoms with Crippen LogP contribution < -0.4 is 10.2 Å². The highest BCUT2D eigenvalue weighted by Crippen LogP contribution is 2.21. The highest BCUT2D eigenvalue weighted by Gasteiger charge is 2.15. The van der Waals surface area contributed by atoms with Gasteiger partial charge in [0, 0.05) is 16.1 Å². The molecule has 1 heterocycles. The largest absolute Gasteiger partial charge is 0.356 e. The summed E-state index contributed by atoms with van der Waals surface area (Å²) in [4.78, 5) is 13.2. The normalized spacial score (nSPS) is 11.9. The molecule has 0 aliphatic rings. The van der Waals surface area contributed by atoms with Crippen LogP contribution in [0.15, 0.2) is 69.7 Å². The minimum atomic E-state index is -0.0452. The fourth-order valence-corrected chi connectivity index (χ4v) is 2.92. The van der Waals surface area contributed by atoms with Crippen LogP contribution in [-0.4, -0.2) is 24.7 Å². The lowest BCUT2D eigenvalue weighted by Crippen LogP contribution is -3.08. The van der Waals surface area contributed by atoms with Crippen LogP contribution in [0.25, 0.3) is 11.3 Å². The first-order chi connectivity index (χ1) is 12.1. The van der Waals surface area contributed by atoms with Crippen molar-refractivity contribution in [1.29, 1.82) is 0 Å². The molecule has 0 aliphatic carbocycles. The molecule has 2 N–H and O–H groups in total. The van der Waals surface area contributed by atoms with E-state index < -0.39 is 0 Å². The zero-order chi connectivity index (χ0) is 17.6. The van der Waals surface area contributed by atoms with Crippen LogP contribution >= 0.6 is 15.9 Å². The van der Waals surface area contributed by atoms with Gasteiger partial charge in [-0.15, -0.1) is 0 Å². The summed E-state index contributed by atoms with van der Waals surface area (Å²) in [6.45, 7) is 0.953. The minimum absolute atomic E-state index is 0.0452. The van der Waals surface area contributed by atoms with E-state index in [0.717, 1.165) is 32.1 Å². The number of likely N-dealkylation sites (N-methyl/N-ethyl adjacent to an activating group) is 1. The fourth-order valence-electron chi connectivity index (χ4n) is 2.54. The summed E-state index contributed by atoms with van der Waals surface area (Å²) in [6.07, 6.45) is 0. The van der Waals surface area contributed by atoms with E-state index >= 15 is 0 Å². The number of anilines is 1. The van der Waals surface area contributed by atoms with Gasteiger partial charge in [0.15, 0.2) is 12.3 Å². The number of benzene rings is 2. The van der Waals surface area contributed by atoms with Crippen molar-refractivity contribution in [1.82, 2.24) is 5.16 Å². The number of nitrogens with one attached hydrogen (secondary N) is 2. The first-order valence-electron chi connectivity index (χ1n) is 7.98. The summed E-state index contributed by atoms with van der Waals surface area (Å²) in [5.74, 6) is 0.692. The van der Waals surface area contributed by atoms with Gasteiger partial charge in [0.1, 0.15) is 12.2 Å². The number of rotatable bonds is 6. The fraction of sp³-hybridized carbons (Fsp3) is 0.158. The average Bonchev–Trinajstić information content (AvgIpc) is 3.06. The van der Waals surface area contributed by atoms with Crippen LogP contribution in [0.3, 0.4) is 0 Å². The summed E-state index contributed by atoms with van der Waals surface area (Å²) in [6, 6.07) is 19.3. The monoisotopic (exact) mass is 400 g/mol. The number of nitrogens with zero attached hydrogens (tertiary/aromatic N) is 1. The zero-order valence-electron chi connectivity index (χ0n) is 13.8. The minimum Gasteiger partial charge on any atom is -0.356 e. The van der Waals surface area contributed by atoms with E-state index in [4.69, 9.17) is 4.52 Å². The Morgan fingerprint density at radius 2 is 1.88 bits per heavy atom. The lowest BCUT2D eigenvalue weighted by Gasteiger charge is -2.12. The van der Waals surface area contributed by atoms with Crippen LogP contribution in [0.4, 0.5) is 5.69 Å². The lowest BCUT2D eigenvalue weighted by molar-refractivity contribution is -0.885. The van der Waals surface area contributed by atoms with Gasteiger partial charge in [-0.1, -0.05) is 47.6 Å². The Hall–Kier alpha value is -2.44. The molecule has 6 heteroatoms. The van der Waals surface area contributed by atoms with Gasteiger partial charge in [-0.05, 0) is 28.1 Å². The first-order valence-corrected chi connectivity index (χ1v) is 8.78. The topological polar surface area (TPSA) is 59.6 Å². The molecular formula is C19H19BrN3O2+. The van der Waals surface area contributed by atoms with Gasteiger partial charge >= 0.3 is 0 Å². The number of halogens is 1. The van der Waals surface area contributed by atoms with Crippen LogP contribution in [0, 0.1) is 0 Å². The van der Waals surface area contributed by atoms with Crippen molar-refractivity contribution in [3.63, 3.8) is 0 Å². The van der Waals surface area contributed by atoms with Gasteiger partial charge in [0.05, 0.1) is 12.7 Å². The Morgan fingerprint density at radius 1 is 1.16 bits per heavy atom. The second kappa shape index (κ2) is 8.09. The van der Waals surface area contributed by atoms with Gasteiger partial charge in [0.2, 0.25) is 0 Å². The van der Waals surface area contributed by atoms with Crippen LogP contribution in [-0.2, 0) is 11.3 Å². The maximum Gasteiger partial charge on any atom is 0.279 e. The highest BCUT2D eigenvalue weighted by molar-refractivity contribution is 9.10. The third kappa shape index (κ3) is 4.78. The summed E-state index contributed by atoms with van der Waals surface area (Å²) in [7, 11) is 1.95. The van der Waals surface area contributed by atoms with Gasteiger partial charge in [0.25, 0.3) is 5.91 Å². The van der Waals surface area contributed by atoms with Gasteiger partial charge in [-0.2, -0.15) is 0 Å². The third-order valence-corrected chi connectivity index (χ3v) is 4.40. The highest BCUT2D eigenvalue weighted by atomic mass is 79.9. The number of para-hydroxylation sites is 1. The SMILES string of the molecule is C[NH+](CC(=O)Nc1ccccc1Br)Cc1cc(-c2ccccc2)on1. The molecule has 0 saturated carbocycles. The van der Waals surface area contributed by atoms with Gasteiger partial charge in [-0.25, -0.2) is 0 Å². The smallest absolute Gasteiger partial charge is 0.279 e. The van der Waals surface area contributed by atoms with E-state index in [1.165, 1.54) is 0 Å². The third-order valence-electron chi connectivity index (χ3n) is 3.71. The molecule has 128 valence electrons. The summed E-state index contributed by atoms with van der Waals surface area (Å²) in [5, 5.41) is 7.01. The predicted molar refractivity (Wildman–Crippen MR) is 100 cm³/mol. The molecule has 1 atom stereocenters. The summed E-state index contributed by atoms with van der Waals surface area (Å²) >= 11 is 3.43. The molecule has 1 unspecified atom stereocenters. The van der Waals surface area contributed by atoms with Crippen LogP contribution in [0.5, 0.6) is 0 Å². The molecule has 25 heavy (non-hydrogen) atoms. The van der Waals surface area contributed by atoms with Crippen molar-refractivity contribution in [2.24, 2.45) is 0 Å². The van der Waals surface area contributed by atoms with Crippen molar-refractivity contribution in [2.75, 3.05) is 18.9 Å². The molecule has 0 fully saturated rings. The number of carbonyl (C=O) groups excluding carboxylic acids is 1. The molecule has 0 radical (unpaired) electrons. The number of amides is 1. The van der Waals surface area contributed by atoms with Crippen molar-refractivity contribution >= 4 is 27.5 Å². The Morgan fingerprint density at radius 3 is 2.64 bits per heavy atom. The van der Waals surface area contributed by atoms with E-state index in [-0.39, 0.29) is 5.91 Å². The quantitative estimate of drug-likeness (QED) is 0.668. The first kappa shape index (κ1) is 17.4. The molecule has 3 rings (SSSR count). The van der Waals surface area contributed by atoms with E-state index in [0.29, 0.717) is 13.1 Å². The molecule has 3 aromatic rings. The van der Waals surface area contributed by atoms with Crippen LogP contribution in [0.1, 0.15) is 5.69 Å². The molecule has 0 spiro atoms. The molecular weight excluding hydrogens is 382 g/mol. The number of aromatic nitrogens is 1. The Labute approximate surface area is 154 Å². The molecule has 0 aliphatic heterocycles. The molecule has 2 aromatic carbocycles. The Kier molecular flexibility index (Phi) is 5.63. The van der Waals surface area contributed by atoms with Crippen molar-refractivity contribution in [3.05, 3.63) is 70.8 Å². The Balaban J connectivity index is 1.56. The number of hydrogen-bond donors (Lipinski definition) is 2. The zero-order valence-corrected chi connectivity index (χ0v) is 15.4. The molecule has 0 saturated heterocycles. The van der Waals surface area contributed by atoms with Crippen molar-refractivity contribution < 1.29 is 14.2 Å². The Bertz CT molecular complexity index is 849. The van der Waals surface area contributed by atoms with E-state index in [1.807, 2.05) is 67.7 Å². The maximum atomic E-state index is 12.2. The second-order valence-corrected chi connectivity index (χ2v) is 6.74. The number of hydrogen-bond acceptors (Lipinski definition) is 3. The average molecular weight is 401 g/mol. The predicted octanol–water partition coefficient (Wildman–Crippen LogP) is 2.76. The van der Waals surface area contributed by atoms with Gasteiger partial charge in [-0.3, -0.25) is 4.79 Å². The van der Waals surface area contributed by atoms with Crippen molar-refractivity contribution in [3.8, 4) is 11.3 Å². The number of carbonyl (C=O) groups is 1.